The fourth-order valence-corrected chi connectivity index (χ4v) is 0.671. The van der Waals surface area contributed by atoms with E-state index in [-0.39, 0.29) is 6.42 Å². The van der Waals surface area contributed by atoms with Crippen LogP contribution >= 0.6 is 0 Å². The molecule has 0 radical (unpaired) electrons. The monoisotopic (exact) mass is 176 g/mol. The quantitative estimate of drug-likeness (QED) is 0.335. The molecule has 0 aliphatic heterocycles. The zero-order chi connectivity index (χ0) is 9.23. The largest absolute Gasteiger partial charge is 0.481 e. The minimum Gasteiger partial charge on any atom is -0.481 e. The Morgan fingerprint density at radius 1 is 1.33 bits per heavy atom. The van der Waals surface area contributed by atoms with Crippen LogP contribution in [0.2, 0.25) is 0 Å². The standard InChI is InChI=1S/C7H16N2O3/c1-12-6-9-5-4-8-3-2-7(10)11/h8-9H,2-6H2,1H3,(H,10,11). The average Bonchev–Trinajstić information content (AvgIpc) is 2.02. The predicted molar refractivity (Wildman–Crippen MR) is 45.0 cm³/mol. The molecule has 3 N–H and O–H groups in total. The molecule has 0 aromatic heterocycles. The minimum atomic E-state index is -0.771. The Morgan fingerprint density at radius 2 is 2.00 bits per heavy atom. The molecule has 5 heteroatoms. The van der Waals surface area contributed by atoms with Crippen LogP contribution < -0.4 is 10.6 Å². The van der Waals surface area contributed by atoms with Gasteiger partial charge in [-0.15, -0.1) is 0 Å². The summed E-state index contributed by atoms with van der Waals surface area (Å²) in [5.74, 6) is -0.771. The third-order valence-corrected chi connectivity index (χ3v) is 1.24. The van der Waals surface area contributed by atoms with Crippen LogP contribution in [0, 0.1) is 0 Å². The Balaban J connectivity index is 2.86. The van der Waals surface area contributed by atoms with Crippen LogP contribution in [0.1, 0.15) is 6.42 Å². The molecule has 0 aliphatic rings. The highest BCUT2D eigenvalue weighted by Gasteiger charge is 1.93. The maximum atomic E-state index is 10.1. The van der Waals surface area contributed by atoms with Gasteiger partial charge in [-0.05, 0) is 0 Å². The molecule has 0 aromatic rings. The summed E-state index contributed by atoms with van der Waals surface area (Å²) in [6.45, 7) is 2.59. The molecule has 0 bridgehead atoms. The number of nitrogens with one attached hydrogen (secondary N) is 2. The summed E-state index contributed by atoms with van der Waals surface area (Å²) in [6, 6.07) is 0. The van der Waals surface area contributed by atoms with E-state index in [1.165, 1.54) is 0 Å². The van der Waals surface area contributed by atoms with Gasteiger partial charge in [-0.2, -0.15) is 0 Å². The lowest BCUT2D eigenvalue weighted by atomic mass is 10.4. The van der Waals surface area contributed by atoms with Crippen molar-refractivity contribution >= 4 is 5.97 Å². The Hall–Kier alpha value is -0.650. The first kappa shape index (κ1) is 11.4. The van der Waals surface area contributed by atoms with E-state index in [0.29, 0.717) is 13.3 Å². The van der Waals surface area contributed by atoms with Crippen molar-refractivity contribution in [1.82, 2.24) is 10.6 Å². The molecule has 0 saturated carbocycles. The number of carbonyl (C=O) groups is 1. The topological polar surface area (TPSA) is 70.6 Å². The van der Waals surface area contributed by atoms with E-state index in [1.807, 2.05) is 0 Å². The molecule has 0 fully saturated rings. The molecular weight excluding hydrogens is 160 g/mol. The lowest BCUT2D eigenvalue weighted by Gasteiger charge is -2.03. The van der Waals surface area contributed by atoms with Crippen LogP contribution in [0.3, 0.4) is 0 Å². The number of ether oxygens (including phenoxy) is 1. The summed E-state index contributed by atoms with van der Waals surface area (Å²) >= 11 is 0. The van der Waals surface area contributed by atoms with Gasteiger partial charge in [0.2, 0.25) is 0 Å². The predicted octanol–water partition coefficient (Wildman–Crippen LogP) is -0.756. The molecule has 0 atom stereocenters. The fraction of sp³-hybridized carbons (Fsp3) is 0.857. The van der Waals surface area contributed by atoms with E-state index >= 15 is 0 Å². The van der Waals surface area contributed by atoms with E-state index in [4.69, 9.17) is 9.84 Å². The van der Waals surface area contributed by atoms with Gasteiger partial charge in [-0.3, -0.25) is 10.1 Å². The van der Waals surface area contributed by atoms with Gasteiger partial charge in [0.05, 0.1) is 13.2 Å². The van der Waals surface area contributed by atoms with Gasteiger partial charge < -0.3 is 15.2 Å². The second-order valence-corrected chi connectivity index (χ2v) is 2.33. The molecule has 0 amide bonds. The summed E-state index contributed by atoms with van der Waals surface area (Å²) in [5, 5.41) is 14.2. The first-order valence-electron chi connectivity index (χ1n) is 3.89. The maximum absolute atomic E-state index is 10.1. The number of carboxylic acid groups (broad SMARTS) is 1. The minimum absolute atomic E-state index is 0.171. The van der Waals surface area contributed by atoms with Crippen LogP contribution in [0.15, 0.2) is 0 Å². The van der Waals surface area contributed by atoms with E-state index in [2.05, 4.69) is 10.6 Å². The normalized spacial score (nSPS) is 10.1. The molecule has 0 aromatic carbocycles. The molecule has 0 spiro atoms. The lowest BCUT2D eigenvalue weighted by molar-refractivity contribution is -0.136. The molecule has 0 saturated heterocycles. The van der Waals surface area contributed by atoms with Crippen molar-refractivity contribution in [2.75, 3.05) is 33.5 Å². The van der Waals surface area contributed by atoms with Gasteiger partial charge in [0.1, 0.15) is 0 Å². The van der Waals surface area contributed by atoms with Crippen LogP contribution in [0.4, 0.5) is 0 Å². The molecule has 12 heavy (non-hydrogen) atoms. The first-order chi connectivity index (χ1) is 5.77. The van der Waals surface area contributed by atoms with Gasteiger partial charge in [0.15, 0.2) is 0 Å². The number of rotatable bonds is 8. The number of hydrogen-bond donors (Lipinski definition) is 3. The maximum Gasteiger partial charge on any atom is 0.304 e. The first-order valence-corrected chi connectivity index (χ1v) is 3.89. The van der Waals surface area contributed by atoms with Crippen molar-refractivity contribution in [2.45, 2.75) is 6.42 Å². The van der Waals surface area contributed by atoms with Crippen molar-refractivity contribution in [1.29, 1.82) is 0 Å². The Labute approximate surface area is 72.1 Å². The Kier molecular flexibility index (Phi) is 7.99. The number of aliphatic carboxylic acids is 1. The third kappa shape index (κ3) is 9.35. The van der Waals surface area contributed by atoms with E-state index in [9.17, 15) is 4.79 Å². The fourth-order valence-electron chi connectivity index (χ4n) is 0.671. The summed E-state index contributed by atoms with van der Waals surface area (Å²) in [4.78, 5) is 10.1. The molecular formula is C7H16N2O3. The Bertz CT molecular complexity index is 119. The highest BCUT2D eigenvalue weighted by atomic mass is 16.5. The van der Waals surface area contributed by atoms with E-state index < -0.39 is 5.97 Å². The lowest BCUT2D eigenvalue weighted by Crippen LogP contribution is -2.29. The van der Waals surface area contributed by atoms with Gasteiger partial charge in [-0.1, -0.05) is 0 Å². The molecule has 0 unspecified atom stereocenters. The molecule has 0 rings (SSSR count). The van der Waals surface area contributed by atoms with Crippen molar-refractivity contribution in [3.05, 3.63) is 0 Å². The molecule has 0 aliphatic carbocycles. The van der Waals surface area contributed by atoms with E-state index in [1.54, 1.807) is 7.11 Å². The number of methoxy groups -OCH3 is 1. The number of carboxylic acids is 1. The van der Waals surface area contributed by atoms with Crippen LogP contribution in [-0.2, 0) is 9.53 Å². The highest BCUT2D eigenvalue weighted by molar-refractivity contribution is 5.66. The molecule has 72 valence electrons. The summed E-state index contributed by atoms with van der Waals surface area (Å²) < 4.78 is 4.75. The van der Waals surface area contributed by atoms with Crippen molar-refractivity contribution in [2.24, 2.45) is 0 Å². The second-order valence-electron chi connectivity index (χ2n) is 2.33. The Morgan fingerprint density at radius 3 is 2.58 bits per heavy atom. The third-order valence-electron chi connectivity index (χ3n) is 1.24. The van der Waals surface area contributed by atoms with Gasteiger partial charge in [0, 0.05) is 26.7 Å². The van der Waals surface area contributed by atoms with Crippen LogP contribution in [-0.4, -0.2) is 44.6 Å². The summed E-state index contributed by atoms with van der Waals surface area (Å²) in [6.07, 6.45) is 0.171. The van der Waals surface area contributed by atoms with E-state index in [0.717, 1.165) is 13.1 Å². The molecule has 5 nitrogen and oxygen atoms in total. The zero-order valence-electron chi connectivity index (χ0n) is 7.30. The van der Waals surface area contributed by atoms with Gasteiger partial charge >= 0.3 is 5.97 Å². The SMILES string of the molecule is COCNCCNCCC(=O)O. The average molecular weight is 176 g/mol. The van der Waals surface area contributed by atoms with Crippen LogP contribution in [0.25, 0.3) is 0 Å². The second kappa shape index (κ2) is 8.45. The summed E-state index contributed by atoms with van der Waals surface area (Å²) in [5.41, 5.74) is 0. The van der Waals surface area contributed by atoms with Crippen molar-refractivity contribution < 1.29 is 14.6 Å². The number of hydrogen-bond acceptors (Lipinski definition) is 4. The van der Waals surface area contributed by atoms with Gasteiger partial charge in [-0.25, -0.2) is 0 Å². The molecule has 0 heterocycles. The highest BCUT2D eigenvalue weighted by Crippen LogP contribution is 1.73. The smallest absolute Gasteiger partial charge is 0.304 e. The van der Waals surface area contributed by atoms with Gasteiger partial charge in [0.25, 0.3) is 0 Å². The van der Waals surface area contributed by atoms with Crippen molar-refractivity contribution in [3.8, 4) is 0 Å². The van der Waals surface area contributed by atoms with Crippen LogP contribution in [0.5, 0.6) is 0 Å². The van der Waals surface area contributed by atoms with Crippen molar-refractivity contribution in [3.63, 3.8) is 0 Å². The zero-order valence-corrected chi connectivity index (χ0v) is 7.30. The summed E-state index contributed by atoms with van der Waals surface area (Å²) in [7, 11) is 1.62.